The summed E-state index contributed by atoms with van der Waals surface area (Å²) in [5, 5.41) is 6.67. The molecule has 1 aliphatic heterocycles. The van der Waals surface area contributed by atoms with Gasteiger partial charge in [0.05, 0.1) is 18.9 Å². The van der Waals surface area contributed by atoms with E-state index in [1.54, 1.807) is 18.3 Å². The van der Waals surface area contributed by atoms with Crippen LogP contribution in [0.15, 0.2) is 24.5 Å². The quantitative estimate of drug-likeness (QED) is 0.828. The first-order chi connectivity index (χ1) is 11.7. The number of ether oxygens (including phenoxy) is 1. The lowest BCUT2D eigenvalue weighted by Gasteiger charge is -2.33. The van der Waals surface area contributed by atoms with Crippen LogP contribution < -0.4 is 10.2 Å². The van der Waals surface area contributed by atoms with Crippen LogP contribution in [-0.4, -0.2) is 52.7 Å². The summed E-state index contributed by atoms with van der Waals surface area (Å²) >= 11 is 1.09. The first kappa shape index (κ1) is 16.3. The van der Waals surface area contributed by atoms with Gasteiger partial charge in [-0.05, 0) is 36.5 Å². The van der Waals surface area contributed by atoms with Crippen molar-refractivity contribution in [3.05, 3.63) is 35.0 Å². The molecular formula is C15H17N5O3S. The van der Waals surface area contributed by atoms with E-state index in [-0.39, 0.29) is 17.9 Å². The number of rotatable bonds is 4. The molecule has 2 aromatic heterocycles. The third-order valence-electron chi connectivity index (χ3n) is 3.91. The molecule has 0 saturated carbocycles. The third kappa shape index (κ3) is 3.67. The molecule has 0 aliphatic carbocycles. The summed E-state index contributed by atoms with van der Waals surface area (Å²) in [6.45, 7) is 1.51. The highest BCUT2D eigenvalue weighted by Crippen LogP contribution is 2.19. The summed E-state index contributed by atoms with van der Waals surface area (Å²) in [6.07, 6.45) is 4.69. The smallest absolute Gasteiger partial charge is 0.338 e. The zero-order valence-corrected chi connectivity index (χ0v) is 14.0. The van der Waals surface area contributed by atoms with Gasteiger partial charge in [-0.3, -0.25) is 4.79 Å². The number of methoxy groups -OCH3 is 1. The maximum atomic E-state index is 12.0. The van der Waals surface area contributed by atoms with Gasteiger partial charge < -0.3 is 15.0 Å². The number of piperidine rings is 1. The lowest BCUT2D eigenvalue weighted by molar-refractivity contribution is 0.0600. The molecule has 3 heterocycles. The fourth-order valence-electron chi connectivity index (χ4n) is 2.61. The molecule has 0 bridgehead atoms. The van der Waals surface area contributed by atoms with Gasteiger partial charge >= 0.3 is 5.97 Å². The molecule has 24 heavy (non-hydrogen) atoms. The molecule has 1 saturated heterocycles. The monoisotopic (exact) mass is 347 g/mol. The zero-order valence-electron chi connectivity index (χ0n) is 13.1. The van der Waals surface area contributed by atoms with Crippen molar-refractivity contribution in [3.8, 4) is 0 Å². The van der Waals surface area contributed by atoms with Crippen LogP contribution in [0, 0.1) is 0 Å². The second-order valence-electron chi connectivity index (χ2n) is 5.41. The van der Waals surface area contributed by atoms with Crippen LogP contribution in [0.4, 0.5) is 5.82 Å². The number of anilines is 1. The number of nitrogens with one attached hydrogen (secondary N) is 1. The molecular weight excluding hydrogens is 330 g/mol. The average Bonchev–Trinajstić information content (AvgIpc) is 3.16. The molecule has 1 amide bonds. The fraction of sp³-hybridized carbons (Fsp3) is 0.400. The minimum atomic E-state index is -0.376. The molecule has 1 N–H and O–H groups in total. The average molecular weight is 347 g/mol. The Labute approximate surface area is 143 Å². The Bertz CT molecular complexity index is 714. The molecule has 9 heteroatoms. The number of carbonyl (C=O) groups is 2. The van der Waals surface area contributed by atoms with E-state index in [1.165, 1.54) is 13.3 Å². The number of hydrogen-bond donors (Lipinski definition) is 1. The molecule has 1 fully saturated rings. The lowest BCUT2D eigenvalue weighted by atomic mass is 10.0. The Hall–Kier alpha value is -2.55. The van der Waals surface area contributed by atoms with Crippen molar-refractivity contribution >= 4 is 29.2 Å². The first-order valence-corrected chi connectivity index (χ1v) is 8.32. The maximum Gasteiger partial charge on any atom is 0.338 e. The predicted octanol–water partition coefficient (Wildman–Crippen LogP) is 1.12. The highest BCUT2D eigenvalue weighted by atomic mass is 32.1. The van der Waals surface area contributed by atoms with E-state index in [2.05, 4.69) is 24.8 Å². The van der Waals surface area contributed by atoms with Crippen LogP contribution in [0.5, 0.6) is 0 Å². The number of nitrogens with zero attached hydrogens (tertiary/aromatic N) is 4. The van der Waals surface area contributed by atoms with E-state index in [4.69, 9.17) is 4.74 Å². The van der Waals surface area contributed by atoms with Crippen LogP contribution in [0.2, 0.25) is 0 Å². The van der Waals surface area contributed by atoms with Gasteiger partial charge in [-0.15, -0.1) is 5.10 Å². The second-order valence-corrected chi connectivity index (χ2v) is 6.20. The number of pyridine rings is 1. The largest absolute Gasteiger partial charge is 0.465 e. The van der Waals surface area contributed by atoms with Crippen molar-refractivity contribution in [2.45, 2.75) is 18.9 Å². The molecule has 0 atom stereocenters. The van der Waals surface area contributed by atoms with E-state index in [0.29, 0.717) is 10.4 Å². The molecule has 0 unspecified atom stereocenters. The topological polar surface area (TPSA) is 97.3 Å². The van der Waals surface area contributed by atoms with Crippen molar-refractivity contribution < 1.29 is 14.3 Å². The van der Waals surface area contributed by atoms with Crippen molar-refractivity contribution in [2.75, 3.05) is 25.1 Å². The number of amides is 1. The molecule has 126 valence electrons. The van der Waals surface area contributed by atoms with Gasteiger partial charge in [-0.2, -0.15) is 0 Å². The van der Waals surface area contributed by atoms with Gasteiger partial charge in [0.15, 0.2) is 0 Å². The molecule has 0 aromatic carbocycles. The summed E-state index contributed by atoms with van der Waals surface area (Å²) in [7, 11) is 1.36. The van der Waals surface area contributed by atoms with Crippen LogP contribution in [0.3, 0.4) is 0 Å². The number of aromatic nitrogens is 3. The molecule has 2 aromatic rings. The van der Waals surface area contributed by atoms with Gasteiger partial charge in [-0.25, -0.2) is 9.78 Å². The van der Waals surface area contributed by atoms with Gasteiger partial charge in [0.1, 0.15) is 10.7 Å². The van der Waals surface area contributed by atoms with E-state index in [1.807, 2.05) is 0 Å². The minimum absolute atomic E-state index is 0.111. The standard InChI is InChI=1S/C15H17N5O3S/c1-23-15(22)10-2-5-16-13(8-10)20-6-3-11(4-7-20)18-14(21)12-9-17-19-24-12/h2,5,8-9,11H,3-4,6-7H2,1H3,(H,18,21). The minimum Gasteiger partial charge on any atom is -0.465 e. The number of esters is 1. The molecule has 3 rings (SSSR count). The Balaban J connectivity index is 1.57. The Morgan fingerprint density at radius 3 is 2.83 bits per heavy atom. The van der Waals surface area contributed by atoms with E-state index >= 15 is 0 Å². The summed E-state index contributed by atoms with van der Waals surface area (Å²) in [4.78, 5) is 30.6. The number of carbonyl (C=O) groups excluding carboxylic acids is 2. The third-order valence-corrected chi connectivity index (χ3v) is 4.57. The van der Waals surface area contributed by atoms with Gasteiger partial charge in [0, 0.05) is 25.3 Å². The summed E-state index contributed by atoms with van der Waals surface area (Å²) in [5.74, 6) is 0.238. The molecule has 0 radical (unpaired) electrons. The zero-order chi connectivity index (χ0) is 16.9. The van der Waals surface area contributed by atoms with Gasteiger partial charge in [0.25, 0.3) is 5.91 Å². The van der Waals surface area contributed by atoms with Crippen molar-refractivity contribution in [2.24, 2.45) is 0 Å². The fourth-order valence-corrected chi connectivity index (χ4v) is 3.03. The summed E-state index contributed by atoms with van der Waals surface area (Å²) in [6, 6.07) is 3.47. The Morgan fingerprint density at radius 2 is 2.17 bits per heavy atom. The van der Waals surface area contributed by atoms with Gasteiger partial charge in [-0.1, -0.05) is 4.49 Å². The van der Waals surface area contributed by atoms with Crippen molar-refractivity contribution in [1.82, 2.24) is 19.9 Å². The molecule has 0 spiro atoms. The lowest BCUT2D eigenvalue weighted by Crippen LogP contribution is -2.44. The Morgan fingerprint density at radius 1 is 1.38 bits per heavy atom. The second kappa shape index (κ2) is 7.35. The number of hydrogen-bond acceptors (Lipinski definition) is 8. The van der Waals surface area contributed by atoms with Crippen LogP contribution in [0.1, 0.15) is 32.9 Å². The summed E-state index contributed by atoms with van der Waals surface area (Å²) < 4.78 is 8.43. The van der Waals surface area contributed by atoms with Crippen LogP contribution in [0.25, 0.3) is 0 Å². The SMILES string of the molecule is COC(=O)c1ccnc(N2CCC(NC(=O)c3cnns3)CC2)c1. The summed E-state index contributed by atoms with van der Waals surface area (Å²) in [5.41, 5.74) is 0.482. The van der Waals surface area contributed by atoms with Crippen LogP contribution >= 0.6 is 11.5 Å². The van der Waals surface area contributed by atoms with Crippen molar-refractivity contribution in [1.29, 1.82) is 0 Å². The van der Waals surface area contributed by atoms with E-state index in [9.17, 15) is 9.59 Å². The maximum absolute atomic E-state index is 12.0. The highest BCUT2D eigenvalue weighted by Gasteiger charge is 2.23. The molecule has 1 aliphatic rings. The highest BCUT2D eigenvalue weighted by molar-refractivity contribution is 7.07. The van der Waals surface area contributed by atoms with Crippen LogP contribution in [-0.2, 0) is 4.74 Å². The van der Waals surface area contributed by atoms with E-state index < -0.39 is 0 Å². The first-order valence-electron chi connectivity index (χ1n) is 7.55. The van der Waals surface area contributed by atoms with Crippen molar-refractivity contribution in [3.63, 3.8) is 0 Å². The normalized spacial score (nSPS) is 15.1. The molecule has 8 nitrogen and oxygen atoms in total. The Kier molecular flexibility index (Phi) is 4.99. The van der Waals surface area contributed by atoms with E-state index in [0.717, 1.165) is 43.3 Å². The van der Waals surface area contributed by atoms with Gasteiger partial charge in [0.2, 0.25) is 0 Å². The predicted molar refractivity (Wildman–Crippen MR) is 88.2 cm³/mol.